The number of rotatable bonds is 7. The quantitative estimate of drug-likeness (QED) is 0.690. The van der Waals surface area contributed by atoms with Crippen LogP contribution in [0, 0.1) is 6.92 Å². The molecule has 0 unspecified atom stereocenters. The van der Waals surface area contributed by atoms with E-state index in [1.54, 1.807) is 0 Å². The molecule has 3 N–H and O–H groups in total. The third-order valence-electron chi connectivity index (χ3n) is 2.74. The summed E-state index contributed by atoms with van der Waals surface area (Å²) in [4.78, 5) is 32.9. The smallest absolute Gasteiger partial charge is 0.326 e. The molecular formula is C14H17NO5. The predicted octanol–water partition coefficient (Wildman–Crippen LogP) is 0.972. The minimum Gasteiger partial charge on any atom is -0.481 e. The molecule has 20 heavy (non-hydrogen) atoms. The van der Waals surface area contributed by atoms with Gasteiger partial charge in [0.05, 0.1) is 6.42 Å². The van der Waals surface area contributed by atoms with Crippen LogP contribution >= 0.6 is 0 Å². The van der Waals surface area contributed by atoms with Gasteiger partial charge in [0, 0.05) is 6.42 Å². The first kappa shape index (κ1) is 15.7. The number of amides is 1. The topological polar surface area (TPSA) is 104 Å². The number of carboxylic acid groups (broad SMARTS) is 2. The lowest BCUT2D eigenvalue weighted by atomic mass is 10.1. The lowest BCUT2D eigenvalue weighted by Crippen LogP contribution is -2.42. The fourth-order valence-corrected chi connectivity index (χ4v) is 1.77. The zero-order chi connectivity index (χ0) is 15.1. The summed E-state index contributed by atoms with van der Waals surface area (Å²) in [7, 11) is 0. The Morgan fingerprint density at radius 2 is 1.95 bits per heavy atom. The van der Waals surface area contributed by atoms with Crippen LogP contribution in [-0.4, -0.2) is 34.1 Å². The van der Waals surface area contributed by atoms with E-state index in [2.05, 4.69) is 5.32 Å². The number of benzene rings is 1. The number of carboxylic acids is 2. The summed E-state index contributed by atoms with van der Waals surface area (Å²) in [6.45, 7) is 1.94. The SMILES string of the molecule is Cc1cccc(CCC(=O)N[C@H](CC(=O)O)C(=O)O)c1. The number of hydrogen-bond donors (Lipinski definition) is 3. The summed E-state index contributed by atoms with van der Waals surface area (Å²) < 4.78 is 0. The van der Waals surface area contributed by atoms with Crippen molar-refractivity contribution in [2.75, 3.05) is 0 Å². The molecule has 1 rings (SSSR count). The Balaban J connectivity index is 2.49. The molecule has 0 aromatic heterocycles. The Kier molecular flexibility index (Phi) is 5.71. The summed E-state index contributed by atoms with van der Waals surface area (Å²) >= 11 is 0. The molecule has 1 atom stereocenters. The van der Waals surface area contributed by atoms with E-state index < -0.39 is 30.3 Å². The van der Waals surface area contributed by atoms with E-state index in [-0.39, 0.29) is 6.42 Å². The van der Waals surface area contributed by atoms with Crippen LogP contribution in [0.5, 0.6) is 0 Å². The fourth-order valence-electron chi connectivity index (χ4n) is 1.77. The van der Waals surface area contributed by atoms with E-state index in [9.17, 15) is 14.4 Å². The molecule has 0 aliphatic rings. The van der Waals surface area contributed by atoms with E-state index in [1.807, 2.05) is 31.2 Å². The van der Waals surface area contributed by atoms with Crippen LogP contribution in [0.1, 0.15) is 24.0 Å². The van der Waals surface area contributed by atoms with Crippen molar-refractivity contribution < 1.29 is 24.6 Å². The first-order valence-corrected chi connectivity index (χ1v) is 6.18. The maximum absolute atomic E-state index is 11.6. The molecule has 1 aromatic carbocycles. The van der Waals surface area contributed by atoms with Gasteiger partial charge in [0.25, 0.3) is 0 Å². The highest BCUT2D eigenvalue weighted by molar-refractivity contribution is 5.86. The zero-order valence-corrected chi connectivity index (χ0v) is 11.1. The Labute approximate surface area is 116 Å². The van der Waals surface area contributed by atoms with E-state index >= 15 is 0 Å². The first-order chi connectivity index (χ1) is 9.38. The molecule has 0 radical (unpaired) electrons. The van der Waals surface area contributed by atoms with Gasteiger partial charge in [0.1, 0.15) is 6.04 Å². The number of aryl methyl sites for hydroxylation is 2. The highest BCUT2D eigenvalue weighted by atomic mass is 16.4. The Morgan fingerprint density at radius 3 is 2.50 bits per heavy atom. The van der Waals surface area contributed by atoms with Crippen molar-refractivity contribution in [2.45, 2.75) is 32.2 Å². The second-order valence-electron chi connectivity index (χ2n) is 4.55. The Morgan fingerprint density at radius 1 is 1.25 bits per heavy atom. The van der Waals surface area contributed by atoms with Crippen LogP contribution in [0.3, 0.4) is 0 Å². The lowest BCUT2D eigenvalue weighted by molar-refractivity contribution is -0.147. The van der Waals surface area contributed by atoms with Crippen LogP contribution in [-0.2, 0) is 20.8 Å². The predicted molar refractivity (Wildman–Crippen MR) is 71.3 cm³/mol. The minimum absolute atomic E-state index is 0.118. The monoisotopic (exact) mass is 279 g/mol. The van der Waals surface area contributed by atoms with E-state index in [4.69, 9.17) is 10.2 Å². The molecule has 0 heterocycles. The second-order valence-corrected chi connectivity index (χ2v) is 4.55. The molecule has 0 aliphatic heterocycles. The van der Waals surface area contributed by atoms with Crippen molar-refractivity contribution in [3.63, 3.8) is 0 Å². The van der Waals surface area contributed by atoms with Gasteiger partial charge in [-0.2, -0.15) is 0 Å². The van der Waals surface area contributed by atoms with Gasteiger partial charge < -0.3 is 15.5 Å². The fraction of sp³-hybridized carbons (Fsp3) is 0.357. The zero-order valence-electron chi connectivity index (χ0n) is 11.1. The summed E-state index contributed by atoms with van der Waals surface area (Å²) in [5.74, 6) is -3.09. The largest absolute Gasteiger partial charge is 0.481 e. The molecule has 0 bridgehead atoms. The molecule has 6 nitrogen and oxygen atoms in total. The van der Waals surface area contributed by atoms with Crippen molar-refractivity contribution in [3.8, 4) is 0 Å². The lowest BCUT2D eigenvalue weighted by Gasteiger charge is -2.12. The van der Waals surface area contributed by atoms with Crippen molar-refractivity contribution in [1.82, 2.24) is 5.32 Å². The van der Waals surface area contributed by atoms with Gasteiger partial charge in [-0.3, -0.25) is 9.59 Å². The maximum Gasteiger partial charge on any atom is 0.326 e. The average molecular weight is 279 g/mol. The van der Waals surface area contributed by atoms with Crippen LogP contribution in [0.25, 0.3) is 0 Å². The second kappa shape index (κ2) is 7.28. The van der Waals surface area contributed by atoms with Crippen molar-refractivity contribution in [2.24, 2.45) is 0 Å². The molecule has 0 fully saturated rings. The van der Waals surface area contributed by atoms with Crippen LogP contribution in [0.4, 0.5) is 0 Å². The van der Waals surface area contributed by atoms with Crippen LogP contribution in [0.2, 0.25) is 0 Å². The number of hydrogen-bond acceptors (Lipinski definition) is 3. The van der Waals surface area contributed by atoms with Gasteiger partial charge in [-0.1, -0.05) is 29.8 Å². The first-order valence-electron chi connectivity index (χ1n) is 6.18. The van der Waals surface area contributed by atoms with Gasteiger partial charge in [0.15, 0.2) is 0 Å². The summed E-state index contributed by atoms with van der Waals surface area (Å²) in [6.07, 6.45) is -0.0364. The molecule has 6 heteroatoms. The van der Waals surface area contributed by atoms with Gasteiger partial charge in [-0.05, 0) is 18.9 Å². The normalized spacial score (nSPS) is 11.7. The van der Waals surface area contributed by atoms with Crippen LogP contribution < -0.4 is 5.32 Å². The third kappa shape index (κ3) is 5.51. The van der Waals surface area contributed by atoms with E-state index in [0.717, 1.165) is 11.1 Å². The molecule has 0 spiro atoms. The maximum atomic E-state index is 11.6. The van der Waals surface area contributed by atoms with Gasteiger partial charge >= 0.3 is 11.9 Å². The molecule has 0 saturated heterocycles. The third-order valence-corrected chi connectivity index (χ3v) is 2.74. The molecule has 0 aliphatic carbocycles. The average Bonchev–Trinajstić information content (AvgIpc) is 2.35. The van der Waals surface area contributed by atoms with E-state index in [0.29, 0.717) is 6.42 Å². The Bertz CT molecular complexity index is 512. The summed E-state index contributed by atoms with van der Waals surface area (Å²) in [6, 6.07) is 6.26. The highest BCUT2D eigenvalue weighted by Crippen LogP contribution is 2.06. The standard InChI is InChI=1S/C14H17NO5/c1-9-3-2-4-10(7-9)5-6-12(16)15-11(14(19)20)8-13(17)18/h2-4,7,11H,5-6,8H2,1H3,(H,15,16)(H,17,18)(H,19,20)/t11-/m1/s1. The number of carbonyl (C=O) groups excluding carboxylic acids is 1. The molecule has 1 aromatic rings. The van der Waals surface area contributed by atoms with Crippen molar-refractivity contribution in [1.29, 1.82) is 0 Å². The Hall–Kier alpha value is -2.37. The molecular weight excluding hydrogens is 262 g/mol. The highest BCUT2D eigenvalue weighted by Gasteiger charge is 2.22. The van der Waals surface area contributed by atoms with Crippen molar-refractivity contribution >= 4 is 17.8 Å². The summed E-state index contributed by atoms with van der Waals surface area (Å²) in [5.41, 5.74) is 2.06. The number of aliphatic carboxylic acids is 2. The molecule has 0 saturated carbocycles. The van der Waals surface area contributed by atoms with E-state index in [1.165, 1.54) is 0 Å². The van der Waals surface area contributed by atoms with Gasteiger partial charge in [-0.25, -0.2) is 4.79 Å². The minimum atomic E-state index is -1.39. The van der Waals surface area contributed by atoms with Crippen molar-refractivity contribution in [3.05, 3.63) is 35.4 Å². The van der Waals surface area contributed by atoms with Gasteiger partial charge in [-0.15, -0.1) is 0 Å². The summed E-state index contributed by atoms with van der Waals surface area (Å²) in [5, 5.41) is 19.6. The van der Waals surface area contributed by atoms with Gasteiger partial charge in [0.2, 0.25) is 5.91 Å². The van der Waals surface area contributed by atoms with Crippen LogP contribution in [0.15, 0.2) is 24.3 Å². The number of nitrogens with one attached hydrogen (secondary N) is 1. The number of carbonyl (C=O) groups is 3. The molecule has 108 valence electrons. The molecule has 1 amide bonds.